The largest absolute Gasteiger partial charge is 0.462 e. The summed E-state index contributed by atoms with van der Waals surface area (Å²) in [5.41, 5.74) is 1.05. The number of rotatable bonds is 17. The van der Waals surface area contributed by atoms with Crippen LogP contribution in [0.25, 0.3) is 0 Å². The highest BCUT2D eigenvalue weighted by Crippen LogP contribution is 2.24. The lowest BCUT2D eigenvalue weighted by molar-refractivity contribution is -0.143. The third-order valence-corrected chi connectivity index (χ3v) is 4.85. The van der Waals surface area contributed by atoms with Crippen molar-refractivity contribution in [3.63, 3.8) is 0 Å². The molecule has 0 aromatic heterocycles. The number of carbonyl (C=O) groups is 2. The van der Waals surface area contributed by atoms with Gasteiger partial charge in [-0.05, 0) is 37.0 Å². The number of unbranched alkanes of at least 4 members (excludes halogenated alkanes) is 7. The Balaban J connectivity index is 5.19. The maximum atomic E-state index is 12.9. The predicted octanol–water partition coefficient (Wildman–Crippen LogP) is 7.26. The number of carbonyl (C=O) groups excluding carboxylic acids is 2. The second-order valence-corrected chi connectivity index (χ2v) is 9.76. The molecule has 0 saturated heterocycles. The van der Waals surface area contributed by atoms with Crippen LogP contribution in [0.1, 0.15) is 113 Å². The monoisotopic (exact) mass is 424 g/mol. The molecule has 0 radical (unpaired) electrons. The van der Waals surface area contributed by atoms with Gasteiger partial charge in [-0.25, -0.2) is 9.59 Å². The van der Waals surface area contributed by atoms with E-state index in [0.717, 1.165) is 12.8 Å². The van der Waals surface area contributed by atoms with Crippen LogP contribution in [0.5, 0.6) is 0 Å². The molecular formula is C26H48O4. The first-order valence-corrected chi connectivity index (χ1v) is 12.2. The third-order valence-electron chi connectivity index (χ3n) is 4.85. The zero-order valence-corrected chi connectivity index (χ0v) is 20.9. The first kappa shape index (κ1) is 28.7. The van der Waals surface area contributed by atoms with E-state index in [9.17, 15) is 9.59 Å². The van der Waals surface area contributed by atoms with Crippen molar-refractivity contribution in [1.29, 1.82) is 0 Å². The molecule has 0 spiro atoms. The second kappa shape index (κ2) is 17.4. The maximum absolute atomic E-state index is 12.9. The number of ether oxygens (including phenoxy) is 2. The molecule has 4 heteroatoms. The minimum atomic E-state index is -0.353. The Morgan fingerprint density at radius 2 is 1.03 bits per heavy atom. The van der Waals surface area contributed by atoms with E-state index in [1.165, 1.54) is 38.5 Å². The highest BCUT2D eigenvalue weighted by Gasteiger charge is 2.24. The summed E-state index contributed by atoms with van der Waals surface area (Å²) in [6, 6.07) is 0. The molecule has 176 valence electrons. The van der Waals surface area contributed by atoms with Gasteiger partial charge >= 0.3 is 11.9 Å². The molecule has 0 aliphatic rings. The smallest absolute Gasteiger partial charge is 0.334 e. The third kappa shape index (κ3) is 14.6. The molecule has 0 saturated carbocycles. The van der Waals surface area contributed by atoms with Crippen LogP contribution in [0.15, 0.2) is 11.1 Å². The van der Waals surface area contributed by atoms with Gasteiger partial charge in [-0.15, -0.1) is 0 Å². The van der Waals surface area contributed by atoms with Crippen LogP contribution >= 0.6 is 0 Å². The molecular weight excluding hydrogens is 376 g/mol. The summed E-state index contributed by atoms with van der Waals surface area (Å²) in [5, 5.41) is 0. The zero-order chi connectivity index (χ0) is 22.9. The van der Waals surface area contributed by atoms with Crippen LogP contribution in [0.4, 0.5) is 0 Å². The van der Waals surface area contributed by atoms with E-state index in [4.69, 9.17) is 9.47 Å². The van der Waals surface area contributed by atoms with Crippen molar-refractivity contribution in [3.05, 3.63) is 11.1 Å². The van der Waals surface area contributed by atoms with E-state index in [-0.39, 0.29) is 29.7 Å². The Bertz CT molecular complexity index is 503. The van der Waals surface area contributed by atoms with Gasteiger partial charge in [-0.1, -0.05) is 93.4 Å². The lowest BCUT2D eigenvalue weighted by Crippen LogP contribution is -2.20. The van der Waals surface area contributed by atoms with E-state index < -0.39 is 0 Å². The molecule has 0 amide bonds. The van der Waals surface area contributed by atoms with Crippen molar-refractivity contribution in [1.82, 2.24) is 0 Å². The Labute approximate surface area is 186 Å². The highest BCUT2D eigenvalue weighted by molar-refractivity contribution is 6.00. The summed E-state index contributed by atoms with van der Waals surface area (Å²) in [4.78, 5) is 25.7. The van der Waals surface area contributed by atoms with Crippen molar-refractivity contribution in [2.45, 2.75) is 113 Å². The van der Waals surface area contributed by atoms with Gasteiger partial charge < -0.3 is 9.47 Å². The summed E-state index contributed by atoms with van der Waals surface area (Å²) in [6.07, 6.45) is 10.7. The summed E-state index contributed by atoms with van der Waals surface area (Å²) in [6.45, 7) is 15.1. The molecule has 4 nitrogen and oxygen atoms in total. The highest BCUT2D eigenvalue weighted by atomic mass is 16.5. The summed E-state index contributed by atoms with van der Waals surface area (Å²) in [7, 11) is 0. The SMILES string of the molecule is CCCCCCCCCC/C(C(=O)OCC(C)C)=C(\CC(C)C)C(=O)OCC(C)C. The van der Waals surface area contributed by atoms with Gasteiger partial charge in [0.15, 0.2) is 0 Å². The molecule has 0 aromatic carbocycles. The fraction of sp³-hybridized carbons (Fsp3) is 0.846. The molecule has 0 fully saturated rings. The number of hydrogen-bond acceptors (Lipinski definition) is 4. The predicted molar refractivity (Wildman–Crippen MR) is 125 cm³/mol. The van der Waals surface area contributed by atoms with Crippen molar-refractivity contribution in [2.75, 3.05) is 13.2 Å². The molecule has 0 heterocycles. The fourth-order valence-electron chi connectivity index (χ4n) is 3.21. The quantitative estimate of drug-likeness (QED) is 0.140. The van der Waals surface area contributed by atoms with Crippen LogP contribution in [0.2, 0.25) is 0 Å². The summed E-state index contributed by atoms with van der Waals surface area (Å²) >= 11 is 0. The van der Waals surface area contributed by atoms with Gasteiger partial charge in [-0.2, -0.15) is 0 Å². The van der Waals surface area contributed by atoms with Crippen LogP contribution in [-0.4, -0.2) is 25.2 Å². The molecule has 0 aromatic rings. The van der Waals surface area contributed by atoms with Gasteiger partial charge in [0.25, 0.3) is 0 Å². The molecule has 0 atom stereocenters. The standard InChI is InChI=1S/C26H48O4/c1-8-9-10-11-12-13-14-15-16-23(25(27)29-18-21(4)5)24(17-20(2)3)26(28)30-19-22(6)7/h20-22H,8-19H2,1-7H3/b24-23-. The molecule has 0 aliphatic carbocycles. The van der Waals surface area contributed by atoms with Gasteiger partial charge in [0.1, 0.15) is 0 Å². The number of esters is 2. The van der Waals surface area contributed by atoms with Crippen LogP contribution in [-0.2, 0) is 19.1 Å². The molecule has 30 heavy (non-hydrogen) atoms. The summed E-state index contributed by atoms with van der Waals surface area (Å²) in [5.74, 6) is 0.0911. The van der Waals surface area contributed by atoms with Gasteiger partial charge in [0.2, 0.25) is 0 Å². The van der Waals surface area contributed by atoms with E-state index in [0.29, 0.717) is 37.2 Å². The van der Waals surface area contributed by atoms with E-state index >= 15 is 0 Å². The molecule has 0 bridgehead atoms. The van der Waals surface area contributed by atoms with Crippen molar-refractivity contribution in [3.8, 4) is 0 Å². The normalized spacial score (nSPS) is 12.5. The lowest BCUT2D eigenvalue weighted by Gasteiger charge is -2.17. The Morgan fingerprint density at radius 3 is 1.47 bits per heavy atom. The maximum Gasteiger partial charge on any atom is 0.334 e. The van der Waals surface area contributed by atoms with Gasteiger partial charge in [0, 0.05) is 11.1 Å². The molecule has 0 N–H and O–H groups in total. The van der Waals surface area contributed by atoms with Crippen molar-refractivity contribution >= 4 is 11.9 Å². The first-order chi connectivity index (χ1) is 14.2. The summed E-state index contributed by atoms with van der Waals surface area (Å²) < 4.78 is 11.0. The van der Waals surface area contributed by atoms with Crippen molar-refractivity contribution < 1.29 is 19.1 Å². The molecule has 0 unspecified atom stereocenters. The average molecular weight is 425 g/mol. The topological polar surface area (TPSA) is 52.6 Å². The van der Waals surface area contributed by atoms with E-state index in [1.54, 1.807) is 0 Å². The lowest BCUT2D eigenvalue weighted by atomic mass is 9.94. The Morgan fingerprint density at radius 1 is 0.600 bits per heavy atom. The minimum absolute atomic E-state index is 0.262. The van der Waals surface area contributed by atoms with Crippen molar-refractivity contribution in [2.24, 2.45) is 17.8 Å². The zero-order valence-electron chi connectivity index (χ0n) is 20.9. The van der Waals surface area contributed by atoms with Gasteiger partial charge in [0.05, 0.1) is 13.2 Å². The van der Waals surface area contributed by atoms with Crippen LogP contribution in [0.3, 0.4) is 0 Å². The molecule has 0 aliphatic heterocycles. The van der Waals surface area contributed by atoms with Gasteiger partial charge in [-0.3, -0.25) is 0 Å². The Kier molecular flexibility index (Phi) is 16.6. The van der Waals surface area contributed by atoms with E-state index in [2.05, 4.69) is 20.8 Å². The minimum Gasteiger partial charge on any atom is -0.462 e. The second-order valence-electron chi connectivity index (χ2n) is 9.76. The average Bonchev–Trinajstić information content (AvgIpc) is 2.67. The Hall–Kier alpha value is -1.32. The number of hydrogen-bond donors (Lipinski definition) is 0. The first-order valence-electron chi connectivity index (χ1n) is 12.2. The van der Waals surface area contributed by atoms with E-state index in [1.807, 2.05) is 27.7 Å². The van der Waals surface area contributed by atoms with Crippen LogP contribution in [0, 0.1) is 17.8 Å². The fourth-order valence-corrected chi connectivity index (χ4v) is 3.21. The van der Waals surface area contributed by atoms with Crippen LogP contribution < -0.4 is 0 Å². The molecule has 0 rings (SSSR count).